The van der Waals surface area contributed by atoms with Crippen molar-refractivity contribution in [1.82, 2.24) is 0 Å². The number of carbonyl (C=O) groups is 2. The molecule has 1 aliphatic carbocycles. The molecular weight excluding hydrogens is 402 g/mol. The summed E-state index contributed by atoms with van der Waals surface area (Å²) in [6.07, 6.45) is 5.77. The Hall–Kier alpha value is -3.60. The van der Waals surface area contributed by atoms with E-state index in [2.05, 4.69) is 0 Å². The van der Waals surface area contributed by atoms with Gasteiger partial charge in [0.05, 0.1) is 11.8 Å². The second-order valence-electron chi connectivity index (χ2n) is 8.72. The summed E-state index contributed by atoms with van der Waals surface area (Å²) in [5.41, 5.74) is 5.66. The Balaban J connectivity index is 1.68. The summed E-state index contributed by atoms with van der Waals surface area (Å²) in [7, 11) is 0. The molecular formula is C27H25NO4. The first-order valence-electron chi connectivity index (χ1n) is 11.0. The van der Waals surface area contributed by atoms with Crippen molar-refractivity contribution >= 4 is 23.1 Å². The topological polar surface area (TPSA) is 70.8 Å². The van der Waals surface area contributed by atoms with Crippen LogP contribution in [0.25, 0.3) is 5.76 Å². The Labute approximate surface area is 187 Å². The number of fused-ring (bicyclic) bond motifs is 1. The Kier molecular flexibility index (Phi) is 4.97. The van der Waals surface area contributed by atoms with Gasteiger partial charge in [-0.1, -0.05) is 18.2 Å². The van der Waals surface area contributed by atoms with Crippen molar-refractivity contribution in [2.75, 3.05) is 4.90 Å². The van der Waals surface area contributed by atoms with Crippen molar-refractivity contribution in [2.24, 2.45) is 0 Å². The molecule has 2 aliphatic rings. The first kappa shape index (κ1) is 20.3. The zero-order valence-corrected chi connectivity index (χ0v) is 18.2. The normalized spacial score (nSPS) is 19.9. The third-order valence-corrected chi connectivity index (χ3v) is 6.36. The largest absolute Gasteiger partial charge is 0.507 e. The number of hydrogen-bond donors (Lipinski definition) is 1. The standard InChI is InChI=1S/C27H25NO4/c1-16-12-17(2)14-21(13-16)28-24(22-8-5-11-32-22)23(26(30)27(28)31)25(29)20-10-9-18-6-3-4-7-19(18)15-20/h5,8-15,24,29H,3-4,6-7H2,1-2H3/b25-23-. The molecule has 0 radical (unpaired) electrons. The number of furan rings is 1. The second-order valence-corrected chi connectivity index (χ2v) is 8.72. The number of amides is 1. The van der Waals surface area contributed by atoms with Crippen molar-refractivity contribution in [3.63, 3.8) is 0 Å². The molecule has 1 N–H and O–H groups in total. The predicted molar refractivity (Wildman–Crippen MR) is 122 cm³/mol. The Bertz CT molecular complexity index is 1230. The lowest BCUT2D eigenvalue weighted by Gasteiger charge is -2.24. The second kappa shape index (κ2) is 7.83. The quantitative estimate of drug-likeness (QED) is 0.345. The van der Waals surface area contributed by atoms with E-state index < -0.39 is 17.7 Å². The molecule has 1 amide bonds. The van der Waals surface area contributed by atoms with Crippen LogP contribution in [0.15, 0.2) is 64.8 Å². The average molecular weight is 428 g/mol. The molecule has 5 heteroatoms. The predicted octanol–water partition coefficient (Wildman–Crippen LogP) is 5.40. The first-order chi connectivity index (χ1) is 15.4. The number of benzene rings is 2. The maximum Gasteiger partial charge on any atom is 0.300 e. The maximum atomic E-state index is 13.2. The number of rotatable bonds is 3. The number of aryl methyl sites for hydroxylation is 4. The summed E-state index contributed by atoms with van der Waals surface area (Å²) in [5, 5.41) is 11.3. The summed E-state index contributed by atoms with van der Waals surface area (Å²) in [6.45, 7) is 3.89. The lowest BCUT2D eigenvalue weighted by atomic mass is 9.89. The molecule has 0 saturated carbocycles. The minimum Gasteiger partial charge on any atom is -0.507 e. The first-order valence-corrected chi connectivity index (χ1v) is 11.0. The van der Waals surface area contributed by atoms with Crippen LogP contribution >= 0.6 is 0 Å². The Morgan fingerprint density at radius 3 is 2.38 bits per heavy atom. The number of aliphatic hydroxyl groups is 1. The molecule has 32 heavy (non-hydrogen) atoms. The molecule has 0 bridgehead atoms. The van der Waals surface area contributed by atoms with Gasteiger partial charge in [-0.2, -0.15) is 0 Å². The number of Topliss-reactive ketones (excluding diaryl/α,β-unsaturated/α-hetero) is 1. The van der Waals surface area contributed by atoms with E-state index >= 15 is 0 Å². The molecule has 1 fully saturated rings. The van der Waals surface area contributed by atoms with Crippen LogP contribution in [0.2, 0.25) is 0 Å². The van der Waals surface area contributed by atoms with Crippen molar-refractivity contribution < 1.29 is 19.1 Å². The number of anilines is 1. The molecule has 3 aromatic rings. The van der Waals surface area contributed by atoms with E-state index in [0.717, 1.165) is 36.8 Å². The molecule has 1 saturated heterocycles. The van der Waals surface area contributed by atoms with E-state index in [4.69, 9.17) is 4.42 Å². The van der Waals surface area contributed by atoms with Crippen LogP contribution in [0.1, 0.15) is 52.5 Å². The fourth-order valence-electron chi connectivity index (χ4n) is 4.94. The third kappa shape index (κ3) is 3.34. The van der Waals surface area contributed by atoms with E-state index in [9.17, 15) is 14.7 Å². The molecule has 1 atom stereocenters. The van der Waals surface area contributed by atoms with Gasteiger partial charge in [0.25, 0.3) is 11.7 Å². The van der Waals surface area contributed by atoms with Gasteiger partial charge in [-0.15, -0.1) is 0 Å². The Morgan fingerprint density at radius 1 is 0.969 bits per heavy atom. The molecule has 5 rings (SSSR count). The van der Waals surface area contributed by atoms with Gasteiger partial charge in [0.15, 0.2) is 0 Å². The smallest absolute Gasteiger partial charge is 0.300 e. The van der Waals surface area contributed by atoms with Gasteiger partial charge >= 0.3 is 0 Å². The highest BCUT2D eigenvalue weighted by Crippen LogP contribution is 2.43. The van der Waals surface area contributed by atoms with Crippen LogP contribution in [0.4, 0.5) is 5.69 Å². The van der Waals surface area contributed by atoms with Gasteiger partial charge in [0, 0.05) is 11.3 Å². The van der Waals surface area contributed by atoms with Crippen LogP contribution in [-0.2, 0) is 22.4 Å². The lowest BCUT2D eigenvalue weighted by molar-refractivity contribution is -0.132. The van der Waals surface area contributed by atoms with Crippen molar-refractivity contribution in [3.8, 4) is 0 Å². The van der Waals surface area contributed by atoms with E-state index in [1.54, 1.807) is 12.1 Å². The van der Waals surface area contributed by atoms with E-state index in [-0.39, 0.29) is 11.3 Å². The highest BCUT2D eigenvalue weighted by molar-refractivity contribution is 6.51. The van der Waals surface area contributed by atoms with Gasteiger partial charge in [-0.25, -0.2) is 0 Å². The van der Waals surface area contributed by atoms with Crippen LogP contribution < -0.4 is 4.90 Å². The molecule has 2 heterocycles. The number of ketones is 1. The summed E-state index contributed by atoms with van der Waals surface area (Å²) in [6, 6.07) is 14.2. The molecule has 1 aromatic heterocycles. The molecule has 162 valence electrons. The number of hydrogen-bond acceptors (Lipinski definition) is 4. The SMILES string of the molecule is Cc1cc(C)cc(N2C(=O)C(=O)/C(=C(\O)c3ccc4c(c3)CCCC4)C2c2ccco2)c1. The Morgan fingerprint density at radius 2 is 1.69 bits per heavy atom. The van der Waals surface area contributed by atoms with Crippen LogP contribution in [0, 0.1) is 13.8 Å². The summed E-state index contributed by atoms with van der Waals surface area (Å²) in [4.78, 5) is 27.9. The van der Waals surface area contributed by atoms with Crippen molar-refractivity contribution in [2.45, 2.75) is 45.6 Å². The van der Waals surface area contributed by atoms with E-state index in [1.165, 1.54) is 22.3 Å². The number of aliphatic hydroxyl groups excluding tert-OH is 1. The molecule has 1 unspecified atom stereocenters. The van der Waals surface area contributed by atoms with Crippen molar-refractivity contribution in [1.29, 1.82) is 0 Å². The fraction of sp³-hybridized carbons (Fsp3) is 0.259. The number of carbonyl (C=O) groups excluding carboxylic acids is 2. The lowest BCUT2D eigenvalue weighted by Crippen LogP contribution is -2.29. The molecule has 1 aliphatic heterocycles. The monoisotopic (exact) mass is 427 g/mol. The van der Waals surface area contributed by atoms with E-state index in [1.807, 2.05) is 50.2 Å². The van der Waals surface area contributed by atoms with Gasteiger partial charge in [-0.3, -0.25) is 14.5 Å². The highest BCUT2D eigenvalue weighted by Gasteiger charge is 2.48. The molecule has 5 nitrogen and oxygen atoms in total. The zero-order chi connectivity index (χ0) is 22.4. The van der Waals surface area contributed by atoms with Gasteiger partial charge in [0.2, 0.25) is 0 Å². The van der Waals surface area contributed by atoms with Crippen LogP contribution in [0.3, 0.4) is 0 Å². The van der Waals surface area contributed by atoms with Crippen LogP contribution in [0.5, 0.6) is 0 Å². The minimum absolute atomic E-state index is 0.0554. The summed E-state index contributed by atoms with van der Waals surface area (Å²) < 4.78 is 5.64. The van der Waals surface area contributed by atoms with Crippen molar-refractivity contribution in [3.05, 3.63) is 93.9 Å². The molecule has 2 aromatic carbocycles. The van der Waals surface area contributed by atoms with E-state index in [0.29, 0.717) is 17.0 Å². The van der Waals surface area contributed by atoms with Gasteiger partial charge < -0.3 is 9.52 Å². The average Bonchev–Trinajstić information content (AvgIpc) is 3.39. The van der Waals surface area contributed by atoms with Crippen LogP contribution in [-0.4, -0.2) is 16.8 Å². The fourth-order valence-corrected chi connectivity index (χ4v) is 4.94. The maximum absolute atomic E-state index is 13.2. The highest BCUT2D eigenvalue weighted by atomic mass is 16.3. The summed E-state index contributed by atoms with van der Waals surface area (Å²) >= 11 is 0. The number of nitrogens with zero attached hydrogens (tertiary/aromatic N) is 1. The molecule has 0 spiro atoms. The summed E-state index contributed by atoms with van der Waals surface area (Å²) in [5.74, 6) is -1.11. The van der Waals surface area contributed by atoms with Gasteiger partial charge in [-0.05, 0) is 92.1 Å². The van der Waals surface area contributed by atoms with Gasteiger partial charge in [0.1, 0.15) is 17.6 Å². The third-order valence-electron chi connectivity index (χ3n) is 6.36. The zero-order valence-electron chi connectivity index (χ0n) is 18.2. The minimum atomic E-state index is -0.831.